The van der Waals surface area contributed by atoms with Gasteiger partial charge in [0.2, 0.25) is 0 Å². The van der Waals surface area contributed by atoms with Crippen LogP contribution in [-0.2, 0) is 0 Å². The maximum atomic E-state index is 13.5. The van der Waals surface area contributed by atoms with Gasteiger partial charge in [0.25, 0.3) is 0 Å². The summed E-state index contributed by atoms with van der Waals surface area (Å²) in [5.74, 6) is -1.30. The molecule has 0 unspecified atom stereocenters. The second-order valence-electron chi connectivity index (χ2n) is 5.94. The normalized spacial score (nSPS) is 16.6. The molecule has 18 heavy (non-hydrogen) atoms. The van der Waals surface area contributed by atoms with Crippen LogP contribution >= 0.6 is 0 Å². The van der Waals surface area contributed by atoms with Crippen molar-refractivity contribution in [1.82, 2.24) is 0 Å². The van der Waals surface area contributed by atoms with E-state index < -0.39 is 11.8 Å². The van der Waals surface area contributed by atoms with Crippen LogP contribution in [0.3, 0.4) is 0 Å². The molecule has 1 aromatic rings. The highest BCUT2D eigenvalue weighted by atomic mass is 19.1. The third-order valence-corrected chi connectivity index (χ3v) is 3.65. The van der Waals surface area contributed by atoms with E-state index in [2.05, 4.69) is 25.7 Å². The van der Waals surface area contributed by atoms with E-state index in [1.165, 1.54) is 12.1 Å². The van der Waals surface area contributed by atoms with Gasteiger partial charge in [-0.1, -0.05) is 20.8 Å². The van der Waals surface area contributed by atoms with Crippen LogP contribution in [0.15, 0.2) is 18.2 Å². The van der Waals surface area contributed by atoms with Crippen LogP contribution < -0.4 is 4.90 Å². The first-order chi connectivity index (χ1) is 8.29. The van der Waals surface area contributed by atoms with Gasteiger partial charge in [-0.05, 0) is 29.5 Å². The summed E-state index contributed by atoms with van der Waals surface area (Å²) >= 11 is 0. The average Bonchev–Trinajstić information content (AvgIpc) is 2.11. The molecule has 2 rings (SSSR count). The number of hydrogen-bond donors (Lipinski definition) is 1. The van der Waals surface area contributed by atoms with Crippen LogP contribution in [0.5, 0.6) is 0 Å². The fourth-order valence-corrected chi connectivity index (χ4v) is 2.11. The first-order valence-corrected chi connectivity index (χ1v) is 6.07. The number of rotatable bonds is 2. The Labute approximate surface area is 106 Å². The number of carboxylic acid groups (broad SMARTS) is 1. The third-order valence-electron chi connectivity index (χ3n) is 3.65. The molecule has 1 saturated heterocycles. The summed E-state index contributed by atoms with van der Waals surface area (Å²) in [7, 11) is 0. The lowest BCUT2D eigenvalue weighted by atomic mass is 9.76. The largest absolute Gasteiger partial charge is 0.478 e. The molecule has 0 spiro atoms. The molecule has 0 aromatic heterocycles. The standard InChI is InChI=1S/C14H18FNO2/c1-14(2,3)9-7-16(8-9)10-4-5-11(13(17)18)12(15)6-10/h4-6,9H,7-8H2,1-3H3,(H,17,18). The quantitative estimate of drug-likeness (QED) is 0.878. The van der Waals surface area contributed by atoms with Gasteiger partial charge in [-0.2, -0.15) is 0 Å². The van der Waals surface area contributed by atoms with E-state index in [1.54, 1.807) is 6.07 Å². The molecular weight excluding hydrogens is 233 g/mol. The number of anilines is 1. The highest BCUT2D eigenvalue weighted by Gasteiger charge is 2.35. The lowest BCUT2D eigenvalue weighted by Crippen LogP contribution is -2.52. The van der Waals surface area contributed by atoms with Gasteiger partial charge in [0.1, 0.15) is 5.82 Å². The molecule has 0 bridgehead atoms. The fourth-order valence-electron chi connectivity index (χ4n) is 2.11. The Morgan fingerprint density at radius 1 is 1.39 bits per heavy atom. The van der Waals surface area contributed by atoms with Crippen molar-refractivity contribution >= 4 is 11.7 Å². The number of halogens is 1. The molecular formula is C14H18FNO2. The molecule has 0 aliphatic carbocycles. The van der Waals surface area contributed by atoms with E-state index in [1.807, 2.05) is 0 Å². The predicted octanol–water partition coefficient (Wildman–Crippen LogP) is 3.01. The van der Waals surface area contributed by atoms with Gasteiger partial charge in [-0.25, -0.2) is 9.18 Å². The second kappa shape index (κ2) is 4.26. The van der Waals surface area contributed by atoms with Crippen LogP contribution in [0.2, 0.25) is 0 Å². The molecule has 3 nitrogen and oxygen atoms in total. The summed E-state index contributed by atoms with van der Waals surface area (Å²) in [5.41, 5.74) is 0.750. The summed E-state index contributed by atoms with van der Waals surface area (Å²) in [4.78, 5) is 12.8. The minimum absolute atomic E-state index is 0.260. The number of hydrogen-bond acceptors (Lipinski definition) is 2. The Balaban J connectivity index is 2.09. The predicted molar refractivity (Wildman–Crippen MR) is 68.5 cm³/mol. The van der Waals surface area contributed by atoms with E-state index in [0.717, 1.165) is 18.8 Å². The molecule has 0 saturated carbocycles. The van der Waals surface area contributed by atoms with Gasteiger partial charge in [-0.15, -0.1) is 0 Å². The molecule has 1 aliphatic rings. The zero-order chi connectivity index (χ0) is 13.5. The summed E-state index contributed by atoms with van der Waals surface area (Å²) in [6.45, 7) is 8.39. The summed E-state index contributed by atoms with van der Waals surface area (Å²) < 4.78 is 13.5. The van der Waals surface area contributed by atoms with Gasteiger partial charge in [0, 0.05) is 18.8 Å². The zero-order valence-electron chi connectivity index (χ0n) is 10.9. The third kappa shape index (κ3) is 2.33. The number of benzene rings is 1. The van der Waals surface area contributed by atoms with Crippen LogP contribution in [0.4, 0.5) is 10.1 Å². The van der Waals surface area contributed by atoms with Crippen molar-refractivity contribution in [2.24, 2.45) is 11.3 Å². The second-order valence-corrected chi connectivity index (χ2v) is 5.94. The SMILES string of the molecule is CC(C)(C)C1CN(c2ccc(C(=O)O)c(F)c2)C1. The Morgan fingerprint density at radius 2 is 2.00 bits per heavy atom. The van der Waals surface area contributed by atoms with Crippen molar-refractivity contribution in [2.45, 2.75) is 20.8 Å². The van der Waals surface area contributed by atoms with E-state index in [0.29, 0.717) is 5.92 Å². The topological polar surface area (TPSA) is 40.5 Å². The highest BCUT2D eigenvalue weighted by molar-refractivity contribution is 5.88. The smallest absolute Gasteiger partial charge is 0.338 e. The molecule has 98 valence electrons. The van der Waals surface area contributed by atoms with Crippen LogP contribution in [-0.4, -0.2) is 24.2 Å². The number of carboxylic acids is 1. The first kappa shape index (κ1) is 12.9. The van der Waals surface area contributed by atoms with Crippen molar-refractivity contribution in [3.8, 4) is 0 Å². The fraction of sp³-hybridized carbons (Fsp3) is 0.500. The molecule has 1 aliphatic heterocycles. The molecule has 1 fully saturated rings. The molecule has 1 heterocycles. The summed E-state index contributed by atoms with van der Waals surface area (Å²) in [6.07, 6.45) is 0. The summed E-state index contributed by atoms with van der Waals surface area (Å²) in [5, 5.41) is 8.76. The number of aromatic carboxylic acids is 1. The van der Waals surface area contributed by atoms with E-state index in [9.17, 15) is 9.18 Å². The highest BCUT2D eigenvalue weighted by Crippen LogP contribution is 2.36. The van der Waals surface area contributed by atoms with Crippen LogP contribution in [0, 0.1) is 17.2 Å². The number of nitrogens with zero attached hydrogens (tertiary/aromatic N) is 1. The molecule has 0 amide bonds. The van der Waals surface area contributed by atoms with E-state index >= 15 is 0 Å². The average molecular weight is 251 g/mol. The Bertz CT molecular complexity index is 473. The van der Waals surface area contributed by atoms with Gasteiger partial charge in [-0.3, -0.25) is 0 Å². The van der Waals surface area contributed by atoms with Gasteiger partial charge in [0.15, 0.2) is 0 Å². The molecule has 0 atom stereocenters. The number of carbonyl (C=O) groups is 1. The van der Waals surface area contributed by atoms with Gasteiger partial charge in [0.05, 0.1) is 5.56 Å². The van der Waals surface area contributed by atoms with E-state index in [-0.39, 0.29) is 11.0 Å². The van der Waals surface area contributed by atoms with Crippen LogP contribution in [0.25, 0.3) is 0 Å². The molecule has 1 aromatic carbocycles. The van der Waals surface area contributed by atoms with E-state index in [4.69, 9.17) is 5.11 Å². The summed E-state index contributed by atoms with van der Waals surface area (Å²) in [6, 6.07) is 4.31. The maximum absolute atomic E-state index is 13.5. The molecule has 1 N–H and O–H groups in total. The lowest BCUT2D eigenvalue weighted by Gasteiger charge is -2.47. The molecule has 4 heteroatoms. The monoisotopic (exact) mass is 251 g/mol. The Kier molecular flexibility index (Phi) is 3.05. The first-order valence-electron chi connectivity index (χ1n) is 6.07. The Morgan fingerprint density at radius 3 is 2.44 bits per heavy atom. The Hall–Kier alpha value is -1.58. The van der Waals surface area contributed by atoms with Crippen LogP contribution in [0.1, 0.15) is 31.1 Å². The lowest BCUT2D eigenvalue weighted by molar-refractivity contribution is 0.0692. The van der Waals surface area contributed by atoms with Crippen molar-refractivity contribution < 1.29 is 14.3 Å². The van der Waals surface area contributed by atoms with Crippen molar-refractivity contribution in [2.75, 3.05) is 18.0 Å². The maximum Gasteiger partial charge on any atom is 0.338 e. The van der Waals surface area contributed by atoms with Gasteiger partial charge >= 0.3 is 5.97 Å². The van der Waals surface area contributed by atoms with Gasteiger partial charge < -0.3 is 10.0 Å². The zero-order valence-corrected chi connectivity index (χ0v) is 10.9. The van der Waals surface area contributed by atoms with Crippen molar-refractivity contribution in [3.63, 3.8) is 0 Å². The minimum Gasteiger partial charge on any atom is -0.478 e. The molecule has 0 radical (unpaired) electrons. The van der Waals surface area contributed by atoms with Crippen molar-refractivity contribution in [3.05, 3.63) is 29.6 Å². The van der Waals surface area contributed by atoms with Crippen molar-refractivity contribution in [1.29, 1.82) is 0 Å². The minimum atomic E-state index is -1.23.